The topological polar surface area (TPSA) is 75.3 Å². The molecule has 0 heterocycles. The van der Waals surface area contributed by atoms with Gasteiger partial charge in [-0.1, -0.05) is 44.4 Å². The van der Waals surface area contributed by atoms with Crippen LogP contribution >= 0.6 is 11.6 Å². The van der Waals surface area contributed by atoms with Crippen LogP contribution < -0.4 is 10.0 Å². The van der Waals surface area contributed by atoms with Crippen molar-refractivity contribution in [2.75, 3.05) is 5.32 Å². The van der Waals surface area contributed by atoms with Gasteiger partial charge < -0.3 is 5.32 Å². The van der Waals surface area contributed by atoms with Crippen molar-refractivity contribution in [3.8, 4) is 0 Å². The van der Waals surface area contributed by atoms with Crippen molar-refractivity contribution in [1.82, 2.24) is 4.72 Å². The molecule has 29 heavy (non-hydrogen) atoms. The van der Waals surface area contributed by atoms with Gasteiger partial charge >= 0.3 is 0 Å². The van der Waals surface area contributed by atoms with Crippen molar-refractivity contribution >= 4 is 33.2 Å². The fourth-order valence-corrected chi connectivity index (χ4v) is 5.29. The van der Waals surface area contributed by atoms with Crippen LogP contribution in [0.25, 0.3) is 0 Å². The minimum Gasteiger partial charge on any atom is -0.322 e. The Morgan fingerprint density at radius 1 is 1.14 bits per heavy atom. The summed E-state index contributed by atoms with van der Waals surface area (Å²) in [6.07, 6.45) is 2.68. The van der Waals surface area contributed by atoms with E-state index in [0.717, 1.165) is 25.0 Å². The minimum absolute atomic E-state index is 0.0387. The summed E-state index contributed by atoms with van der Waals surface area (Å²) >= 11 is 5.91. The first kappa shape index (κ1) is 21.7. The van der Waals surface area contributed by atoms with E-state index >= 15 is 0 Å². The number of hydrogen-bond acceptors (Lipinski definition) is 3. The summed E-state index contributed by atoms with van der Waals surface area (Å²) in [5.41, 5.74) is 0.496. The van der Waals surface area contributed by atoms with Crippen molar-refractivity contribution in [2.24, 2.45) is 11.8 Å². The lowest BCUT2D eigenvalue weighted by molar-refractivity contribution is 0.102. The molecule has 0 spiro atoms. The predicted molar refractivity (Wildman–Crippen MR) is 112 cm³/mol. The number of hydrogen-bond donors (Lipinski definition) is 2. The molecule has 8 heteroatoms. The highest BCUT2D eigenvalue weighted by molar-refractivity contribution is 7.89. The Bertz CT molecular complexity index is 1010. The monoisotopic (exact) mass is 438 g/mol. The van der Waals surface area contributed by atoms with Crippen LogP contribution in [0.1, 0.15) is 43.5 Å². The third-order valence-corrected chi connectivity index (χ3v) is 7.32. The smallest absolute Gasteiger partial charge is 0.255 e. The average Bonchev–Trinajstić information content (AvgIpc) is 2.65. The highest BCUT2D eigenvalue weighted by Gasteiger charge is 2.32. The van der Waals surface area contributed by atoms with Crippen LogP contribution in [-0.2, 0) is 10.0 Å². The molecule has 3 unspecified atom stereocenters. The minimum atomic E-state index is -4.11. The van der Waals surface area contributed by atoms with Crippen molar-refractivity contribution in [3.63, 3.8) is 0 Å². The molecule has 3 atom stereocenters. The Labute approximate surface area is 175 Å². The molecule has 2 aromatic rings. The van der Waals surface area contributed by atoms with E-state index in [4.69, 9.17) is 11.6 Å². The molecule has 1 saturated carbocycles. The summed E-state index contributed by atoms with van der Waals surface area (Å²) in [6.45, 7) is 4.09. The van der Waals surface area contributed by atoms with Gasteiger partial charge in [-0.25, -0.2) is 17.5 Å². The maximum atomic E-state index is 14.4. The van der Waals surface area contributed by atoms with Gasteiger partial charge in [0.15, 0.2) is 0 Å². The van der Waals surface area contributed by atoms with Gasteiger partial charge in [0.25, 0.3) is 5.91 Å². The van der Waals surface area contributed by atoms with Gasteiger partial charge in [-0.3, -0.25) is 4.79 Å². The zero-order valence-electron chi connectivity index (χ0n) is 16.3. The van der Waals surface area contributed by atoms with Crippen molar-refractivity contribution in [1.29, 1.82) is 0 Å². The first-order valence-electron chi connectivity index (χ1n) is 9.56. The molecular formula is C21H24ClFN2O3S. The number of nitrogens with one attached hydrogen (secondary N) is 2. The fraction of sp³-hybridized carbons (Fsp3) is 0.381. The van der Waals surface area contributed by atoms with E-state index in [1.807, 2.05) is 6.92 Å². The third kappa shape index (κ3) is 5.15. The summed E-state index contributed by atoms with van der Waals surface area (Å²) in [5.74, 6) is -0.913. The molecule has 5 nitrogen and oxygen atoms in total. The number of benzene rings is 2. The fourth-order valence-electron chi connectivity index (χ4n) is 3.63. The molecule has 0 saturated heterocycles. The predicted octanol–water partition coefficient (Wildman–Crippen LogP) is 4.83. The number of carbonyl (C=O) groups is 1. The van der Waals surface area contributed by atoms with E-state index in [2.05, 4.69) is 17.0 Å². The molecule has 2 N–H and O–H groups in total. The van der Waals surface area contributed by atoms with E-state index in [1.165, 1.54) is 6.07 Å². The molecule has 1 aliphatic rings. The van der Waals surface area contributed by atoms with E-state index in [1.54, 1.807) is 24.3 Å². The number of amides is 1. The van der Waals surface area contributed by atoms with Gasteiger partial charge in [-0.15, -0.1) is 0 Å². The summed E-state index contributed by atoms with van der Waals surface area (Å²) in [5, 5.41) is 3.08. The second kappa shape index (κ2) is 8.81. The van der Waals surface area contributed by atoms with Crippen molar-refractivity contribution in [2.45, 2.75) is 44.0 Å². The Balaban J connectivity index is 1.83. The second-order valence-electron chi connectivity index (χ2n) is 7.60. The third-order valence-electron chi connectivity index (χ3n) is 5.58. The van der Waals surface area contributed by atoms with Crippen LogP contribution in [0.5, 0.6) is 0 Å². The van der Waals surface area contributed by atoms with Crippen LogP contribution in [0.2, 0.25) is 5.02 Å². The molecule has 0 bridgehead atoms. The van der Waals surface area contributed by atoms with E-state index < -0.39 is 26.6 Å². The number of carbonyl (C=O) groups excluding carboxylic acids is 1. The van der Waals surface area contributed by atoms with Crippen LogP contribution in [0.3, 0.4) is 0 Å². The summed E-state index contributed by atoms with van der Waals surface area (Å²) in [6, 6.07) is 9.61. The summed E-state index contributed by atoms with van der Waals surface area (Å²) in [7, 11) is -4.11. The van der Waals surface area contributed by atoms with E-state index in [9.17, 15) is 17.6 Å². The maximum absolute atomic E-state index is 14.4. The molecule has 0 aliphatic heterocycles. The van der Waals surface area contributed by atoms with Crippen LogP contribution in [-0.4, -0.2) is 20.4 Å². The van der Waals surface area contributed by atoms with Crippen LogP contribution in [0, 0.1) is 17.7 Å². The maximum Gasteiger partial charge on any atom is 0.255 e. The van der Waals surface area contributed by atoms with Crippen LogP contribution in [0.4, 0.5) is 10.1 Å². The standard InChI is InChI=1S/C21H24ClFN2O3S/c1-13-5-3-8-19(14(13)2)25-29(27,28)20-11-15(9-10-18(20)23)21(26)24-17-7-4-6-16(22)12-17/h4,6-7,9-14,19,25H,3,5,8H2,1-2H3,(H,24,26). The average molecular weight is 439 g/mol. The zero-order chi connectivity index (χ0) is 21.2. The Morgan fingerprint density at radius 3 is 2.62 bits per heavy atom. The van der Waals surface area contributed by atoms with Gasteiger partial charge in [0.05, 0.1) is 0 Å². The summed E-state index contributed by atoms with van der Waals surface area (Å²) in [4.78, 5) is 12.0. The molecule has 0 aromatic heterocycles. The van der Waals surface area contributed by atoms with Crippen molar-refractivity contribution < 1.29 is 17.6 Å². The van der Waals surface area contributed by atoms with Crippen molar-refractivity contribution in [3.05, 3.63) is 58.9 Å². The lowest BCUT2D eigenvalue weighted by Crippen LogP contribution is -2.43. The number of anilines is 1. The van der Waals surface area contributed by atoms with Gasteiger partial charge in [0.2, 0.25) is 10.0 Å². The van der Waals surface area contributed by atoms with Gasteiger partial charge in [-0.05, 0) is 54.7 Å². The molecule has 1 amide bonds. The molecule has 0 radical (unpaired) electrons. The number of rotatable bonds is 5. The van der Waals surface area contributed by atoms with Crippen LogP contribution in [0.15, 0.2) is 47.4 Å². The lowest BCUT2D eigenvalue weighted by Gasteiger charge is -2.34. The lowest BCUT2D eigenvalue weighted by atomic mass is 9.78. The molecule has 1 aliphatic carbocycles. The quantitative estimate of drug-likeness (QED) is 0.701. The Kier molecular flexibility index (Phi) is 6.61. The normalized spacial score (nSPS) is 22.3. The number of halogens is 2. The Morgan fingerprint density at radius 2 is 1.90 bits per heavy atom. The first-order chi connectivity index (χ1) is 13.7. The molecule has 156 valence electrons. The summed E-state index contributed by atoms with van der Waals surface area (Å²) < 4.78 is 42.7. The largest absolute Gasteiger partial charge is 0.322 e. The molecule has 1 fully saturated rings. The highest BCUT2D eigenvalue weighted by Crippen LogP contribution is 2.31. The van der Waals surface area contributed by atoms with Gasteiger partial charge in [0.1, 0.15) is 10.7 Å². The molecular weight excluding hydrogens is 415 g/mol. The molecule has 2 aromatic carbocycles. The van der Waals surface area contributed by atoms with Gasteiger partial charge in [-0.2, -0.15) is 0 Å². The SMILES string of the molecule is CC1CCCC(NS(=O)(=O)c2cc(C(=O)Nc3cccc(Cl)c3)ccc2F)C1C. The first-order valence-corrected chi connectivity index (χ1v) is 11.4. The van der Waals surface area contributed by atoms with E-state index in [-0.39, 0.29) is 17.5 Å². The molecule has 3 rings (SSSR count). The van der Waals surface area contributed by atoms with E-state index in [0.29, 0.717) is 23.0 Å². The zero-order valence-corrected chi connectivity index (χ0v) is 17.9. The number of sulfonamides is 1. The van der Waals surface area contributed by atoms with Gasteiger partial charge in [0, 0.05) is 22.3 Å². The Hall–Kier alpha value is -1.96. The highest BCUT2D eigenvalue weighted by atomic mass is 35.5. The second-order valence-corrected chi connectivity index (χ2v) is 9.72.